The molecule has 4 aromatic rings. The summed E-state index contributed by atoms with van der Waals surface area (Å²) in [5, 5.41) is 5.21. The average molecular weight is 851 g/mol. The Bertz CT molecular complexity index is 2100. The van der Waals surface area contributed by atoms with Gasteiger partial charge in [0.05, 0.1) is 50.4 Å². The van der Waals surface area contributed by atoms with Gasteiger partial charge in [0.15, 0.2) is 23.6 Å². The summed E-state index contributed by atoms with van der Waals surface area (Å²) in [5.41, 5.74) is -1.39. The Hall–Kier alpha value is -4.48. The van der Waals surface area contributed by atoms with Gasteiger partial charge in [0.25, 0.3) is 0 Å². The molecular weight excluding hydrogens is 801 g/mol. The number of hydrogen-bond acceptors (Lipinski definition) is 15. The van der Waals surface area contributed by atoms with Crippen molar-refractivity contribution in [3.05, 3.63) is 73.3 Å². The first kappa shape index (κ1) is 44.6. The van der Waals surface area contributed by atoms with Crippen LogP contribution in [0.4, 0.5) is 4.39 Å². The van der Waals surface area contributed by atoms with E-state index < -0.39 is 88.9 Å². The van der Waals surface area contributed by atoms with Gasteiger partial charge < -0.3 is 28.0 Å². The van der Waals surface area contributed by atoms with Crippen molar-refractivity contribution in [3.8, 4) is 17.4 Å². The van der Waals surface area contributed by atoms with Gasteiger partial charge in [-0.2, -0.15) is 15.2 Å². The third-order valence-electron chi connectivity index (χ3n) is 8.71. The second kappa shape index (κ2) is 19.1. The molecule has 1 saturated heterocycles. The fraction of sp³-hybridized carbons (Fsp3) is 0.486. The van der Waals surface area contributed by atoms with Crippen molar-refractivity contribution >= 4 is 38.6 Å². The minimum absolute atomic E-state index is 0.124. The summed E-state index contributed by atoms with van der Waals surface area (Å²) in [6.45, 7) is 9.61. The number of imidazole rings is 1. The minimum atomic E-state index is -4.52. The Morgan fingerprint density at radius 3 is 1.84 bits per heavy atom. The standard InChI is InChI=1S/C37H49FN6O12P2/c1-23(2)52-35(45)25(5)42-57(47,55-27-15-11-9-12-16-27)50-19-29-37(7,31(38)34(54-29)44-22-41-30-32(44)39-21-40-33(30)49-8)20-51-58(48,56-28-17-13-10-14-18-28)43-26(6)36(46)53-24(3)4/h9-18,21-26,29,31,34H,19-20H2,1-8H3,(H,42,47)(H,43,48)/t25-,26-,29+,31?,34+,37?,57?,58?/m0/s1. The molecule has 1 aliphatic heterocycles. The molecule has 1 aliphatic rings. The number of alkyl halides is 1. The lowest BCUT2D eigenvalue weighted by Crippen LogP contribution is -2.43. The first-order chi connectivity index (χ1) is 27.5. The van der Waals surface area contributed by atoms with E-state index >= 15 is 4.39 Å². The second-order valence-electron chi connectivity index (χ2n) is 14.2. The molecule has 58 heavy (non-hydrogen) atoms. The molecule has 2 aromatic heterocycles. The highest BCUT2D eigenvalue weighted by atomic mass is 31.2. The fourth-order valence-electron chi connectivity index (χ4n) is 5.73. The predicted octanol–water partition coefficient (Wildman–Crippen LogP) is 6.34. The molecule has 0 bridgehead atoms. The third kappa shape index (κ3) is 11.0. The van der Waals surface area contributed by atoms with Crippen molar-refractivity contribution in [2.75, 3.05) is 20.3 Å². The Labute approximate surface area is 335 Å². The largest absolute Gasteiger partial charge is 0.479 e. The molecule has 0 amide bonds. The van der Waals surface area contributed by atoms with Gasteiger partial charge in [-0.3, -0.25) is 23.2 Å². The molecule has 18 nitrogen and oxygen atoms in total. The highest BCUT2D eigenvalue weighted by Gasteiger charge is 2.57. The first-order valence-electron chi connectivity index (χ1n) is 18.4. The quantitative estimate of drug-likeness (QED) is 0.0734. The van der Waals surface area contributed by atoms with Gasteiger partial charge in [0.1, 0.15) is 29.9 Å². The van der Waals surface area contributed by atoms with Gasteiger partial charge >= 0.3 is 27.4 Å². The molecule has 2 N–H and O–H groups in total. The normalized spacial score (nSPS) is 22.5. The van der Waals surface area contributed by atoms with Crippen LogP contribution < -0.4 is 24.0 Å². The van der Waals surface area contributed by atoms with Crippen LogP contribution in [0.1, 0.15) is 54.7 Å². The van der Waals surface area contributed by atoms with Gasteiger partial charge in [-0.05, 0) is 65.8 Å². The van der Waals surface area contributed by atoms with E-state index in [-0.39, 0.29) is 28.5 Å². The summed E-state index contributed by atoms with van der Waals surface area (Å²) in [6, 6.07) is 13.7. The van der Waals surface area contributed by atoms with Gasteiger partial charge in [-0.25, -0.2) is 23.5 Å². The Morgan fingerprint density at radius 2 is 1.34 bits per heavy atom. The van der Waals surface area contributed by atoms with Crippen LogP contribution in [0, 0.1) is 5.41 Å². The lowest BCUT2D eigenvalue weighted by molar-refractivity contribution is -0.150. The van der Waals surface area contributed by atoms with Crippen LogP contribution in [0.5, 0.6) is 17.4 Å². The smallest absolute Gasteiger partial charge is 0.459 e. The average Bonchev–Trinajstić information content (AvgIpc) is 3.71. The number of rotatable bonds is 20. The first-order valence-corrected chi connectivity index (χ1v) is 21.5. The number of fused-ring (bicyclic) bond motifs is 1. The number of methoxy groups -OCH3 is 1. The predicted molar refractivity (Wildman–Crippen MR) is 208 cm³/mol. The van der Waals surface area contributed by atoms with Crippen molar-refractivity contribution in [2.24, 2.45) is 5.41 Å². The molecule has 5 rings (SSSR count). The fourth-order valence-corrected chi connectivity index (χ4v) is 8.83. The summed E-state index contributed by atoms with van der Waals surface area (Å²) in [4.78, 5) is 38.2. The monoisotopic (exact) mass is 850 g/mol. The second-order valence-corrected chi connectivity index (χ2v) is 17.6. The molecule has 0 spiro atoms. The van der Waals surface area contributed by atoms with Crippen LogP contribution >= 0.6 is 15.5 Å². The molecule has 0 aliphatic carbocycles. The van der Waals surface area contributed by atoms with E-state index in [1.807, 2.05) is 0 Å². The molecule has 4 unspecified atom stereocenters. The molecule has 1 fully saturated rings. The number of halogens is 1. The van der Waals surface area contributed by atoms with E-state index in [1.165, 1.54) is 69.4 Å². The number of hydrogen-bond donors (Lipinski definition) is 2. The number of esters is 2. The maximum absolute atomic E-state index is 17.3. The summed E-state index contributed by atoms with van der Waals surface area (Å²) >= 11 is 0. The van der Waals surface area contributed by atoms with Crippen LogP contribution in [0.3, 0.4) is 0 Å². The number of carbonyl (C=O) groups is 2. The topological polar surface area (TPSA) is 210 Å². The molecule has 21 heteroatoms. The lowest BCUT2D eigenvalue weighted by atomic mass is 9.82. The molecule has 0 radical (unpaired) electrons. The number of nitrogens with zero attached hydrogens (tertiary/aromatic N) is 4. The van der Waals surface area contributed by atoms with Crippen molar-refractivity contribution in [1.82, 2.24) is 29.7 Å². The maximum atomic E-state index is 17.3. The summed E-state index contributed by atoms with van der Waals surface area (Å²) in [6.07, 6.45) is -3.23. The molecule has 316 valence electrons. The van der Waals surface area contributed by atoms with Crippen LogP contribution in [-0.2, 0) is 42.0 Å². The van der Waals surface area contributed by atoms with Crippen LogP contribution in [0.25, 0.3) is 11.2 Å². The van der Waals surface area contributed by atoms with Crippen molar-refractivity contribution < 1.29 is 60.2 Å². The molecular formula is C37H49FN6O12P2. The zero-order chi connectivity index (χ0) is 42.3. The number of nitrogens with one attached hydrogen (secondary N) is 2. The number of carbonyl (C=O) groups excluding carboxylic acids is 2. The molecule has 0 saturated carbocycles. The minimum Gasteiger partial charge on any atom is -0.479 e. The SMILES string of the molecule is COc1ncnc2c1ncn2[C@@H]1O[C@H](COP(=O)(N[C@@H](C)C(=O)OC(C)C)Oc2ccccc2)C(C)(COP(=O)(N[C@@H](C)C(=O)OC(C)C)Oc2ccccc2)C1F. The number of para-hydroxylation sites is 2. The van der Waals surface area contributed by atoms with Gasteiger partial charge in [0.2, 0.25) is 5.88 Å². The summed E-state index contributed by atoms with van der Waals surface area (Å²) in [5.74, 6) is -1.08. The highest BCUT2D eigenvalue weighted by Crippen LogP contribution is 2.53. The van der Waals surface area contributed by atoms with Gasteiger partial charge in [-0.15, -0.1) is 0 Å². The van der Waals surface area contributed by atoms with E-state index in [0.717, 1.165) is 0 Å². The highest BCUT2D eigenvalue weighted by molar-refractivity contribution is 7.52. The zero-order valence-electron chi connectivity index (χ0n) is 33.3. The Balaban J connectivity index is 1.50. The van der Waals surface area contributed by atoms with E-state index in [9.17, 15) is 18.7 Å². The maximum Gasteiger partial charge on any atom is 0.459 e. The molecule has 2 aromatic carbocycles. The lowest BCUT2D eigenvalue weighted by Gasteiger charge is -2.33. The van der Waals surface area contributed by atoms with E-state index in [0.29, 0.717) is 0 Å². The van der Waals surface area contributed by atoms with Gasteiger partial charge in [-0.1, -0.05) is 43.3 Å². The van der Waals surface area contributed by atoms with E-state index in [2.05, 4.69) is 25.1 Å². The summed E-state index contributed by atoms with van der Waals surface area (Å²) < 4.78 is 93.4. The Morgan fingerprint density at radius 1 is 0.828 bits per heavy atom. The van der Waals surface area contributed by atoms with E-state index in [4.69, 9.17) is 37.0 Å². The van der Waals surface area contributed by atoms with Crippen molar-refractivity contribution in [2.45, 2.75) is 91.3 Å². The molecule has 8 atom stereocenters. The van der Waals surface area contributed by atoms with Crippen molar-refractivity contribution in [3.63, 3.8) is 0 Å². The van der Waals surface area contributed by atoms with Crippen LogP contribution in [0.2, 0.25) is 0 Å². The number of ether oxygens (including phenoxy) is 4. The zero-order valence-corrected chi connectivity index (χ0v) is 35.1. The number of aromatic nitrogens is 4. The Kier molecular flexibility index (Phi) is 14.7. The van der Waals surface area contributed by atoms with Crippen LogP contribution in [0.15, 0.2) is 73.3 Å². The number of benzene rings is 2. The van der Waals surface area contributed by atoms with Gasteiger partial charge in [0, 0.05) is 0 Å². The third-order valence-corrected chi connectivity index (χ3v) is 12.0. The van der Waals surface area contributed by atoms with Crippen LogP contribution in [-0.4, -0.2) is 88.3 Å². The summed E-state index contributed by atoms with van der Waals surface area (Å²) in [7, 11) is -7.61. The van der Waals surface area contributed by atoms with E-state index in [1.54, 1.807) is 64.1 Å². The molecule has 3 heterocycles. The van der Waals surface area contributed by atoms with Crippen molar-refractivity contribution in [1.29, 1.82) is 0 Å².